The second-order valence-electron chi connectivity index (χ2n) is 1.96. The first kappa shape index (κ1) is 14.3. The number of aliphatic hydroxyl groups excluding tert-OH is 1. The zero-order valence-electron chi connectivity index (χ0n) is 6.93. The number of hydrogen-bond donors (Lipinski definition) is 3. The van der Waals surface area contributed by atoms with E-state index >= 15 is 0 Å². The summed E-state index contributed by atoms with van der Waals surface area (Å²) >= 11 is 0. The highest BCUT2D eigenvalue weighted by molar-refractivity contribution is 7.30. The summed E-state index contributed by atoms with van der Waals surface area (Å²) in [5.74, 6) is 0. The maximum atomic E-state index is 8.74. The largest absolute Gasteiger partial charge is 0.391 e. The summed E-state index contributed by atoms with van der Waals surface area (Å²) in [5, 5.41) is 8.62. The van der Waals surface area contributed by atoms with Crippen molar-refractivity contribution in [2.24, 2.45) is 0 Å². The van der Waals surface area contributed by atoms with E-state index in [1.807, 2.05) is 0 Å². The molecular weight excluding hydrogens is 183 g/mol. The molecule has 0 rings (SSSR count). The third kappa shape index (κ3) is 32.9. The maximum absolute atomic E-state index is 8.74. The van der Waals surface area contributed by atoms with Crippen LogP contribution in [0, 0.1) is 0 Å². The topological polar surface area (TPSA) is 87.0 Å². The van der Waals surface area contributed by atoms with Crippen molar-refractivity contribution in [3.8, 4) is 0 Å². The molecule has 74 valence electrons. The SMILES string of the molecule is C=CCOCC(C)O.O=[PH](O)O. The van der Waals surface area contributed by atoms with E-state index in [0.717, 1.165) is 0 Å². The fraction of sp³-hybridized carbons (Fsp3) is 0.667. The molecule has 0 spiro atoms. The van der Waals surface area contributed by atoms with Crippen LogP contribution in [0.1, 0.15) is 6.92 Å². The molecule has 0 fully saturated rings. The molecular formula is C6H15O5P. The standard InChI is InChI=1S/C6H12O2.H3O3P/c1-3-4-8-5-6(2)7;1-4(2)3/h3,6-7H,1,4-5H2,2H3;4H,(H2,1,2,3). The zero-order valence-corrected chi connectivity index (χ0v) is 7.93. The third-order valence-corrected chi connectivity index (χ3v) is 0.595. The highest BCUT2D eigenvalue weighted by Gasteiger charge is 1.90. The number of ether oxygens (including phenoxy) is 1. The molecule has 0 aliphatic rings. The molecule has 12 heavy (non-hydrogen) atoms. The van der Waals surface area contributed by atoms with Gasteiger partial charge in [-0.1, -0.05) is 6.08 Å². The summed E-state index contributed by atoms with van der Waals surface area (Å²) in [7, 11) is -3.13. The molecule has 0 aromatic rings. The van der Waals surface area contributed by atoms with E-state index in [0.29, 0.717) is 13.2 Å². The Morgan fingerprint density at radius 1 is 1.67 bits per heavy atom. The lowest BCUT2D eigenvalue weighted by atomic mass is 10.4. The molecule has 3 N–H and O–H groups in total. The van der Waals surface area contributed by atoms with Crippen LogP contribution < -0.4 is 0 Å². The maximum Gasteiger partial charge on any atom is 0.314 e. The van der Waals surface area contributed by atoms with Crippen molar-refractivity contribution < 1.29 is 24.2 Å². The molecule has 0 saturated heterocycles. The molecule has 0 aliphatic carbocycles. The molecule has 0 radical (unpaired) electrons. The second kappa shape index (κ2) is 10.8. The monoisotopic (exact) mass is 198 g/mol. The van der Waals surface area contributed by atoms with Gasteiger partial charge in [0.15, 0.2) is 0 Å². The molecule has 0 aromatic heterocycles. The summed E-state index contributed by atoms with van der Waals surface area (Å²) in [6.07, 6.45) is 1.29. The average molecular weight is 198 g/mol. The molecule has 0 aromatic carbocycles. The van der Waals surface area contributed by atoms with E-state index in [1.54, 1.807) is 13.0 Å². The van der Waals surface area contributed by atoms with Gasteiger partial charge in [0.05, 0.1) is 19.3 Å². The summed E-state index contributed by atoms with van der Waals surface area (Å²) in [4.78, 5) is 14.3. The van der Waals surface area contributed by atoms with Crippen molar-refractivity contribution in [3.63, 3.8) is 0 Å². The number of rotatable bonds is 4. The fourth-order valence-corrected chi connectivity index (χ4v) is 0.322. The van der Waals surface area contributed by atoms with E-state index in [2.05, 4.69) is 6.58 Å². The van der Waals surface area contributed by atoms with Crippen molar-refractivity contribution in [3.05, 3.63) is 12.7 Å². The smallest absolute Gasteiger partial charge is 0.314 e. The number of hydrogen-bond acceptors (Lipinski definition) is 3. The van der Waals surface area contributed by atoms with Crippen LogP contribution in [0.25, 0.3) is 0 Å². The first-order valence-electron chi connectivity index (χ1n) is 3.29. The Hall–Kier alpha value is -0.190. The molecule has 0 amide bonds. The van der Waals surface area contributed by atoms with Gasteiger partial charge in [0.25, 0.3) is 0 Å². The lowest BCUT2D eigenvalue weighted by Gasteiger charge is -2.01. The minimum absolute atomic E-state index is 0.366. The molecule has 0 saturated carbocycles. The highest BCUT2D eigenvalue weighted by atomic mass is 31.1. The van der Waals surface area contributed by atoms with E-state index in [1.165, 1.54) is 0 Å². The van der Waals surface area contributed by atoms with Gasteiger partial charge in [0.1, 0.15) is 0 Å². The van der Waals surface area contributed by atoms with Crippen LogP contribution >= 0.6 is 8.25 Å². The first-order valence-corrected chi connectivity index (χ1v) is 4.59. The van der Waals surface area contributed by atoms with Crippen LogP contribution in [0.2, 0.25) is 0 Å². The van der Waals surface area contributed by atoms with E-state index in [4.69, 9.17) is 24.2 Å². The van der Waals surface area contributed by atoms with Crippen LogP contribution in [0.15, 0.2) is 12.7 Å². The molecule has 0 heterocycles. The van der Waals surface area contributed by atoms with Crippen molar-refractivity contribution in [1.29, 1.82) is 0 Å². The molecule has 5 nitrogen and oxygen atoms in total. The highest BCUT2D eigenvalue weighted by Crippen LogP contribution is 1.98. The quantitative estimate of drug-likeness (QED) is 0.334. The van der Waals surface area contributed by atoms with Crippen LogP contribution in [0.4, 0.5) is 0 Å². The molecule has 1 atom stereocenters. The minimum atomic E-state index is -3.13. The minimum Gasteiger partial charge on any atom is -0.391 e. The van der Waals surface area contributed by atoms with Crippen LogP contribution in [0.3, 0.4) is 0 Å². The van der Waals surface area contributed by atoms with Crippen molar-refractivity contribution in [2.45, 2.75) is 13.0 Å². The Balaban J connectivity index is 0. The van der Waals surface area contributed by atoms with Gasteiger partial charge in [-0.15, -0.1) is 6.58 Å². The van der Waals surface area contributed by atoms with E-state index in [9.17, 15) is 0 Å². The first-order chi connectivity index (χ1) is 5.50. The lowest BCUT2D eigenvalue weighted by Crippen LogP contribution is -2.09. The van der Waals surface area contributed by atoms with Gasteiger partial charge in [-0.05, 0) is 6.92 Å². The number of aliphatic hydroxyl groups is 1. The second-order valence-corrected chi connectivity index (χ2v) is 2.52. The Bertz CT molecular complexity index is 121. The molecule has 0 bridgehead atoms. The Morgan fingerprint density at radius 3 is 2.33 bits per heavy atom. The predicted octanol–water partition coefficient (Wildman–Crippen LogP) is -0.0695. The molecule has 6 heteroatoms. The van der Waals surface area contributed by atoms with E-state index < -0.39 is 8.25 Å². The van der Waals surface area contributed by atoms with E-state index in [-0.39, 0.29) is 6.10 Å². The summed E-state index contributed by atoms with van der Waals surface area (Å²) < 4.78 is 13.6. The predicted molar refractivity (Wildman–Crippen MR) is 46.1 cm³/mol. The van der Waals surface area contributed by atoms with Crippen molar-refractivity contribution in [2.75, 3.05) is 13.2 Å². The van der Waals surface area contributed by atoms with Gasteiger partial charge in [0.2, 0.25) is 0 Å². The fourth-order valence-electron chi connectivity index (χ4n) is 0.322. The third-order valence-electron chi connectivity index (χ3n) is 0.595. The average Bonchev–Trinajstić information content (AvgIpc) is 1.86. The van der Waals surface area contributed by atoms with Gasteiger partial charge in [-0.2, -0.15) is 0 Å². The van der Waals surface area contributed by atoms with Gasteiger partial charge < -0.3 is 19.6 Å². The zero-order chi connectivity index (χ0) is 9.98. The molecule has 0 aliphatic heterocycles. The molecule has 1 unspecified atom stereocenters. The van der Waals surface area contributed by atoms with Crippen molar-refractivity contribution in [1.82, 2.24) is 0 Å². The normalized spacial score (nSPS) is 11.8. The summed E-state index contributed by atoms with van der Waals surface area (Å²) in [6, 6.07) is 0. The van der Waals surface area contributed by atoms with Gasteiger partial charge in [-0.3, -0.25) is 4.57 Å². The van der Waals surface area contributed by atoms with Gasteiger partial charge in [0, 0.05) is 0 Å². The van der Waals surface area contributed by atoms with Crippen LogP contribution in [-0.4, -0.2) is 34.2 Å². The summed E-state index contributed by atoms with van der Waals surface area (Å²) in [6.45, 7) is 6.05. The Kier molecular flexibility index (Phi) is 12.9. The lowest BCUT2D eigenvalue weighted by molar-refractivity contribution is 0.0599. The Labute approximate surface area is 72.3 Å². The summed E-state index contributed by atoms with van der Waals surface area (Å²) in [5.41, 5.74) is 0. The van der Waals surface area contributed by atoms with Gasteiger partial charge in [-0.25, -0.2) is 0 Å². The van der Waals surface area contributed by atoms with Gasteiger partial charge >= 0.3 is 8.25 Å². The Morgan fingerprint density at radius 2 is 2.08 bits per heavy atom. The van der Waals surface area contributed by atoms with Crippen LogP contribution in [-0.2, 0) is 9.30 Å². The van der Waals surface area contributed by atoms with Crippen molar-refractivity contribution >= 4 is 8.25 Å². The van der Waals surface area contributed by atoms with Crippen LogP contribution in [0.5, 0.6) is 0 Å².